The number of hydrogen-bond acceptors (Lipinski definition) is 8. The molecule has 0 aromatic heterocycles. The first-order valence-corrected chi connectivity index (χ1v) is 6.73. The summed E-state index contributed by atoms with van der Waals surface area (Å²) in [7, 11) is 0. The molecule has 0 amide bonds. The van der Waals surface area contributed by atoms with Gasteiger partial charge < -0.3 is 18.9 Å². The normalized spacial score (nSPS) is 15.7. The van der Waals surface area contributed by atoms with Gasteiger partial charge in [0.1, 0.15) is 12.2 Å². The summed E-state index contributed by atoms with van der Waals surface area (Å²) in [6, 6.07) is 0. The lowest BCUT2D eigenvalue weighted by Crippen LogP contribution is -2.49. The molecule has 0 aliphatic rings. The number of esters is 4. The van der Waals surface area contributed by atoms with Crippen molar-refractivity contribution in [1.29, 1.82) is 0 Å². The highest BCUT2D eigenvalue weighted by molar-refractivity contribution is 5.68. The fourth-order valence-electron chi connectivity index (χ4n) is 1.90. The summed E-state index contributed by atoms with van der Waals surface area (Å²) in [6.07, 6.45) is -4.02. The Hall–Kier alpha value is -2.12. The Morgan fingerprint density at radius 3 is 0.955 bits per heavy atom. The molecule has 8 nitrogen and oxygen atoms in total. The van der Waals surface area contributed by atoms with Crippen molar-refractivity contribution in [3.63, 3.8) is 0 Å². The van der Waals surface area contributed by atoms with Gasteiger partial charge in [0.2, 0.25) is 0 Å². The van der Waals surface area contributed by atoms with Crippen LogP contribution in [0.4, 0.5) is 0 Å². The summed E-state index contributed by atoms with van der Waals surface area (Å²) >= 11 is 0. The predicted octanol–water partition coefficient (Wildman–Crippen LogP) is 0.753. The van der Waals surface area contributed by atoms with Crippen molar-refractivity contribution in [2.75, 3.05) is 0 Å². The van der Waals surface area contributed by atoms with Gasteiger partial charge in [-0.25, -0.2) is 0 Å². The lowest BCUT2D eigenvalue weighted by atomic mass is 10.0. The molecule has 22 heavy (non-hydrogen) atoms. The molecule has 0 fully saturated rings. The number of hydrogen-bond donors (Lipinski definition) is 0. The monoisotopic (exact) mass is 318 g/mol. The first-order valence-electron chi connectivity index (χ1n) is 6.73. The Kier molecular flexibility index (Phi) is 8.14. The summed E-state index contributed by atoms with van der Waals surface area (Å²) in [5, 5.41) is 0. The molecule has 0 unspecified atom stereocenters. The van der Waals surface area contributed by atoms with E-state index in [1.165, 1.54) is 27.7 Å². The molecule has 8 heteroatoms. The minimum atomic E-state index is -1.11. The van der Waals surface area contributed by atoms with E-state index in [0.29, 0.717) is 0 Å². The lowest BCUT2D eigenvalue weighted by molar-refractivity contribution is -0.195. The van der Waals surface area contributed by atoms with Crippen LogP contribution in [0.2, 0.25) is 0 Å². The molecule has 0 N–H and O–H groups in total. The zero-order valence-electron chi connectivity index (χ0n) is 13.6. The van der Waals surface area contributed by atoms with E-state index < -0.39 is 48.3 Å². The fourth-order valence-corrected chi connectivity index (χ4v) is 1.90. The highest BCUT2D eigenvalue weighted by Gasteiger charge is 2.39. The molecular formula is C14H22O8. The standard InChI is InChI=1S/C14H22O8/c1-7(19-9(3)15)13(21-11(5)17)14(22-12(6)18)8(2)20-10(4)16/h7-8,13-14H,1-6H3/t7-,8-,13+,14+/m0/s1. The Bertz CT molecular complexity index is 391. The maximum atomic E-state index is 11.3. The third kappa shape index (κ3) is 7.61. The van der Waals surface area contributed by atoms with Gasteiger partial charge in [-0.15, -0.1) is 0 Å². The van der Waals surface area contributed by atoms with Crippen LogP contribution in [0.3, 0.4) is 0 Å². The van der Waals surface area contributed by atoms with Gasteiger partial charge >= 0.3 is 23.9 Å². The van der Waals surface area contributed by atoms with Crippen molar-refractivity contribution >= 4 is 23.9 Å². The van der Waals surface area contributed by atoms with E-state index in [2.05, 4.69) is 0 Å². The van der Waals surface area contributed by atoms with Crippen LogP contribution in [-0.2, 0) is 38.1 Å². The summed E-state index contributed by atoms with van der Waals surface area (Å²) in [4.78, 5) is 44.7. The van der Waals surface area contributed by atoms with Crippen LogP contribution in [0.1, 0.15) is 41.5 Å². The Morgan fingerprint density at radius 2 is 0.773 bits per heavy atom. The van der Waals surface area contributed by atoms with E-state index in [0.717, 1.165) is 13.8 Å². The van der Waals surface area contributed by atoms with Gasteiger partial charge in [-0.05, 0) is 13.8 Å². The number of carbonyl (C=O) groups excluding carboxylic acids is 4. The lowest BCUT2D eigenvalue weighted by Gasteiger charge is -2.33. The number of rotatable bonds is 7. The molecule has 0 aliphatic heterocycles. The maximum absolute atomic E-state index is 11.3. The van der Waals surface area contributed by atoms with E-state index in [-0.39, 0.29) is 0 Å². The third-order valence-electron chi connectivity index (χ3n) is 2.56. The predicted molar refractivity (Wildman–Crippen MR) is 73.6 cm³/mol. The number of ether oxygens (including phenoxy) is 4. The van der Waals surface area contributed by atoms with Gasteiger partial charge in [-0.3, -0.25) is 19.2 Å². The van der Waals surface area contributed by atoms with Gasteiger partial charge in [-0.1, -0.05) is 0 Å². The van der Waals surface area contributed by atoms with Crippen LogP contribution in [0.15, 0.2) is 0 Å². The molecule has 0 bridgehead atoms. The maximum Gasteiger partial charge on any atom is 0.303 e. The highest BCUT2D eigenvalue weighted by atomic mass is 16.6. The van der Waals surface area contributed by atoms with E-state index in [4.69, 9.17) is 18.9 Å². The molecule has 4 atom stereocenters. The van der Waals surface area contributed by atoms with Gasteiger partial charge in [0.05, 0.1) is 0 Å². The first kappa shape index (κ1) is 19.9. The quantitative estimate of drug-likeness (QED) is 0.500. The molecule has 0 heterocycles. The molecule has 0 radical (unpaired) electrons. The van der Waals surface area contributed by atoms with Crippen molar-refractivity contribution in [2.24, 2.45) is 0 Å². The topological polar surface area (TPSA) is 105 Å². The fraction of sp³-hybridized carbons (Fsp3) is 0.714. The van der Waals surface area contributed by atoms with Crippen LogP contribution in [0, 0.1) is 0 Å². The molecule has 0 spiro atoms. The van der Waals surface area contributed by atoms with Gasteiger partial charge in [0, 0.05) is 27.7 Å². The van der Waals surface area contributed by atoms with Crippen LogP contribution in [-0.4, -0.2) is 48.3 Å². The van der Waals surface area contributed by atoms with Crippen molar-refractivity contribution < 1.29 is 38.1 Å². The first-order chi connectivity index (χ1) is 10.0. The SMILES string of the molecule is CC(=O)O[C@@H]([C@H](OC(C)=O)[C@H](C)OC(C)=O)[C@H](C)OC(C)=O. The summed E-state index contributed by atoms with van der Waals surface area (Å²) < 4.78 is 20.2. The van der Waals surface area contributed by atoms with Crippen molar-refractivity contribution in [3.05, 3.63) is 0 Å². The highest BCUT2D eigenvalue weighted by Crippen LogP contribution is 2.18. The van der Waals surface area contributed by atoms with E-state index in [9.17, 15) is 19.2 Å². The van der Waals surface area contributed by atoms with Crippen LogP contribution in [0.25, 0.3) is 0 Å². The third-order valence-corrected chi connectivity index (χ3v) is 2.56. The summed E-state index contributed by atoms with van der Waals surface area (Å²) in [5.41, 5.74) is 0. The summed E-state index contributed by atoms with van der Waals surface area (Å²) in [5.74, 6) is -2.50. The Labute approximate surface area is 129 Å². The van der Waals surface area contributed by atoms with Crippen molar-refractivity contribution in [3.8, 4) is 0 Å². The molecule has 126 valence electrons. The molecule has 0 aromatic rings. The molecule has 0 aliphatic carbocycles. The minimum Gasteiger partial charge on any atom is -0.459 e. The summed E-state index contributed by atoms with van der Waals surface area (Å²) in [6.45, 7) is 7.66. The largest absolute Gasteiger partial charge is 0.459 e. The van der Waals surface area contributed by atoms with Gasteiger partial charge in [-0.2, -0.15) is 0 Å². The Morgan fingerprint density at radius 1 is 0.545 bits per heavy atom. The second-order valence-corrected chi connectivity index (χ2v) is 4.78. The van der Waals surface area contributed by atoms with E-state index in [1.807, 2.05) is 0 Å². The van der Waals surface area contributed by atoms with Crippen molar-refractivity contribution in [1.82, 2.24) is 0 Å². The van der Waals surface area contributed by atoms with Gasteiger partial charge in [0.15, 0.2) is 12.2 Å². The average molecular weight is 318 g/mol. The molecule has 0 saturated heterocycles. The van der Waals surface area contributed by atoms with E-state index in [1.54, 1.807) is 0 Å². The smallest absolute Gasteiger partial charge is 0.303 e. The van der Waals surface area contributed by atoms with Crippen LogP contribution < -0.4 is 0 Å². The molecule has 0 rings (SSSR count). The minimum absolute atomic E-state index is 0.591. The van der Waals surface area contributed by atoms with Crippen LogP contribution in [0.5, 0.6) is 0 Å². The second-order valence-electron chi connectivity index (χ2n) is 4.78. The molecule has 0 saturated carbocycles. The number of carbonyl (C=O) groups is 4. The van der Waals surface area contributed by atoms with E-state index >= 15 is 0 Å². The molecule has 0 aromatic carbocycles. The van der Waals surface area contributed by atoms with Gasteiger partial charge in [0.25, 0.3) is 0 Å². The zero-order chi connectivity index (χ0) is 17.4. The van der Waals surface area contributed by atoms with Crippen molar-refractivity contribution in [2.45, 2.75) is 66.0 Å². The second kappa shape index (κ2) is 9.01. The van der Waals surface area contributed by atoms with Crippen LogP contribution >= 0.6 is 0 Å². The Balaban J connectivity index is 5.39. The zero-order valence-corrected chi connectivity index (χ0v) is 13.6. The average Bonchev–Trinajstić information content (AvgIpc) is 2.30. The molecular weight excluding hydrogens is 296 g/mol.